The van der Waals surface area contributed by atoms with E-state index < -0.39 is 10.0 Å². The zero-order chi connectivity index (χ0) is 22.9. The van der Waals surface area contributed by atoms with Crippen molar-refractivity contribution in [2.24, 2.45) is 0 Å². The number of sulfonamides is 1. The molecule has 0 radical (unpaired) electrons. The molecule has 1 aliphatic carbocycles. The molecule has 1 amide bonds. The molecule has 4 rings (SSSR count). The van der Waals surface area contributed by atoms with Crippen molar-refractivity contribution in [3.8, 4) is 0 Å². The van der Waals surface area contributed by atoms with Crippen molar-refractivity contribution in [2.75, 3.05) is 14.1 Å². The number of thiazole rings is 1. The lowest BCUT2D eigenvalue weighted by Gasteiger charge is -2.30. The van der Waals surface area contributed by atoms with Crippen LogP contribution in [0, 0.1) is 0 Å². The van der Waals surface area contributed by atoms with Gasteiger partial charge in [-0.3, -0.25) is 4.79 Å². The Bertz CT molecular complexity index is 1180. The summed E-state index contributed by atoms with van der Waals surface area (Å²) < 4.78 is 29.0. The van der Waals surface area contributed by atoms with E-state index in [0.29, 0.717) is 5.56 Å². The highest BCUT2D eigenvalue weighted by atomic mass is 32.2. The van der Waals surface area contributed by atoms with Crippen molar-refractivity contribution < 1.29 is 13.2 Å². The Hall–Kier alpha value is -2.29. The quantitative estimate of drug-likeness (QED) is 0.502. The summed E-state index contributed by atoms with van der Waals surface area (Å²) in [6.07, 6.45) is 5.04. The van der Waals surface area contributed by atoms with E-state index in [9.17, 15) is 13.2 Å². The highest BCUT2D eigenvalue weighted by molar-refractivity contribution is 7.89. The highest BCUT2D eigenvalue weighted by Gasteiger charge is 2.30. The lowest BCUT2D eigenvalue weighted by atomic mass is 9.96. The summed E-state index contributed by atoms with van der Waals surface area (Å²) in [4.78, 5) is 19.7. The van der Waals surface area contributed by atoms with E-state index in [1.807, 2.05) is 31.2 Å². The van der Waals surface area contributed by atoms with Gasteiger partial charge in [0.25, 0.3) is 5.91 Å². The summed E-state index contributed by atoms with van der Waals surface area (Å²) in [5.41, 5.74) is 1.28. The molecule has 6 nitrogen and oxygen atoms in total. The summed E-state index contributed by atoms with van der Waals surface area (Å²) >= 11 is 1.57. The van der Waals surface area contributed by atoms with Gasteiger partial charge < -0.3 is 4.90 Å². The minimum absolute atomic E-state index is 0.0230. The van der Waals surface area contributed by atoms with Gasteiger partial charge in [0.15, 0.2) is 0 Å². The average molecular weight is 472 g/mol. The van der Waals surface area contributed by atoms with Gasteiger partial charge in [0.05, 0.1) is 21.2 Å². The van der Waals surface area contributed by atoms with Crippen LogP contribution in [0.25, 0.3) is 10.2 Å². The van der Waals surface area contributed by atoms with Crippen LogP contribution < -0.4 is 0 Å². The van der Waals surface area contributed by atoms with E-state index >= 15 is 0 Å². The summed E-state index contributed by atoms with van der Waals surface area (Å²) in [6, 6.07) is 14.1. The number of carbonyl (C=O) groups is 1. The fraction of sp³-hybridized carbons (Fsp3) is 0.417. The number of nitrogens with zero attached hydrogens (tertiary/aromatic N) is 3. The van der Waals surface area contributed by atoms with Gasteiger partial charge in [-0.2, -0.15) is 4.31 Å². The maximum atomic E-state index is 13.2. The first-order valence-corrected chi connectivity index (χ1v) is 13.3. The number of aromatic nitrogens is 1. The molecule has 0 aliphatic heterocycles. The van der Waals surface area contributed by atoms with Crippen LogP contribution in [0.1, 0.15) is 60.4 Å². The molecule has 3 aromatic rings. The molecule has 1 fully saturated rings. The fourth-order valence-electron chi connectivity index (χ4n) is 4.21. The first-order valence-electron chi connectivity index (χ1n) is 11.0. The van der Waals surface area contributed by atoms with Gasteiger partial charge in [-0.05, 0) is 50.1 Å². The summed E-state index contributed by atoms with van der Waals surface area (Å²) in [6.45, 7) is 1.94. The van der Waals surface area contributed by atoms with Gasteiger partial charge in [-0.15, -0.1) is 11.3 Å². The van der Waals surface area contributed by atoms with Gasteiger partial charge in [0.2, 0.25) is 10.0 Å². The number of rotatable bonds is 6. The zero-order valence-corrected chi connectivity index (χ0v) is 20.3. The van der Waals surface area contributed by atoms with Crippen LogP contribution in [0.4, 0.5) is 0 Å². The van der Waals surface area contributed by atoms with E-state index in [4.69, 9.17) is 0 Å². The fourth-order valence-corrected chi connectivity index (χ4v) is 6.74. The summed E-state index contributed by atoms with van der Waals surface area (Å²) in [5, 5.41) is 0.850. The predicted molar refractivity (Wildman–Crippen MR) is 128 cm³/mol. The highest BCUT2D eigenvalue weighted by Crippen LogP contribution is 2.30. The second kappa shape index (κ2) is 9.29. The molecule has 32 heavy (non-hydrogen) atoms. The van der Waals surface area contributed by atoms with Crippen LogP contribution in [0.2, 0.25) is 0 Å². The Balaban J connectivity index is 1.55. The van der Waals surface area contributed by atoms with Crippen molar-refractivity contribution in [3.63, 3.8) is 0 Å². The Morgan fingerprint density at radius 1 is 1.06 bits per heavy atom. The van der Waals surface area contributed by atoms with Crippen LogP contribution in [0.5, 0.6) is 0 Å². The van der Waals surface area contributed by atoms with Gasteiger partial charge in [-0.1, -0.05) is 37.5 Å². The van der Waals surface area contributed by atoms with Crippen LogP contribution in [-0.4, -0.2) is 48.7 Å². The lowest BCUT2D eigenvalue weighted by molar-refractivity contribution is 0.0742. The van der Waals surface area contributed by atoms with Gasteiger partial charge in [0.1, 0.15) is 5.01 Å². The molecule has 1 saturated carbocycles. The normalized spacial score (nSPS) is 16.4. The zero-order valence-electron chi connectivity index (χ0n) is 18.7. The summed E-state index contributed by atoms with van der Waals surface area (Å²) in [7, 11) is -0.273. The maximum absolute atomic E-state index is 13.2. The molecule has 170 valence electrons. The van der Waals surface area contributed by atoms with Crippen LogP contribution in [0.3, 0.4) is 0 Å². The minimum atomic E-state index is -3.66. The van der Waals surface area contributed by atoms with Crippen molar-refractivity contribution in [1.29, 1.82) is 0 Å². The standard InChI is InChI=1S/C24H29N3O3S2/c1-17(23-25-21-14-7-8-15-22(21)31-23)26(2)24(28)18-10-9-13-20(16-18)32(29,30)27(3)19-11-5-4-6-12-19/h7-10,13-17,19H,4-6,11-12H2,1-3H3/t17-/m0/s1. The molecule has 0 bridgehead atoms. The molecular formula is C24H29N3O3S2. The molecule has 1 heterocycles. The van der Waals surface area contributed by atoms with E-state index in [2.05, 4.69) is 4.98 Å². The molecule has 0 unspecified atom stereocenters. The molecule has 0 N–H and O–H groups in total. The molecule has 8 heteroatoms. The smallest absolute Gasteiger partial charge is 0.254 e. The number of benzene rings is 2. The SMILES string of the molecule is C[C@@H](c1nc2ccccc2s1)N(C)C(=O)c1cccc(S(=O)(=O)N(C)C2CCCCC2)c1. The predicted octanol–water partition coefficient (Wildman–Crippen LogP) is 5.08. The molecular weight excluding hydrogens is 442 g/mol. The second-order valence-corrected chi connectivity index (χ2v) is 11.5. The number of amides is 1. The van der Waals surface area contributed by atoms with E-state index in [0.717, 1.165) is 47.3 Å². The second-order valence-electron chi connectivity index (χ2n) is 8.45. The molecule has 1 aliphatic rings. The molecule has 0 spiro atoms. The van der Waals surface area contributed by atoms with Crippen molar-refractivity contribution in [3.05, 3.63) is 59.1 Å². The Morgan fingerprint density at radius 3 is 2.50 bits per heavy atom. The third kappa shape index (κ3) is 4.44. The molecule has 2 aromatic carbocycles. The monoisotopic (exact) mass is 471 g/mol. The number of para-hydroxylation sites is 1. The average Bonchev–Trinajstić information content (AvgIpc) is 3.27. The van der Waals surface area contributed by atoms with Crippen molar-refractivity contribution >= 4 is 37.5 Å². The number of carbonyl (C=O) groups excluding carboxylic acids is 1. The van der Waals surface area contributed by atoms with E-state index in [-0.39, 0.29) is 22.9 Å². The third-order valence-corrected chi connectivity index (χ3v) is 9.53. The van der Waals surface area contributed by atoms with Crippen LogP contribution in [-0.2, 0) is 10.0 Å². The minimum Gasteiger partial charge on any atom is -0.333 e. The van der Waals surface area contributed by atoms with Crippen LogP contribution in [0.15, 0.2) is 53.4 Å². The Kier molecular flexibility index (Phi) is 6.65. The first-order chi connectivity index (χ1) is 15.3. The van der Waals surface area contributed by atoms with Crippen molar-refractivity contribution in [2.45, 2.75) is 56.0 Å². The third-order valence-electron chi connectivity index (χ3n) is 6.42. The molecule has 0 saturated heterocycles. The molecule has 1 atom stereocenters. The summed E-state index contributed by atoms with van der Waals surface area (Å²) in [5.74, 6) is -0.228. The number of hydrogen-bond donors (Lipinski definition) is 0. The van der Waals surface area contributed by atoms with E-state index in [1.54, 1.807) is 48.5 Å². The first kappa shape index (κ1) is 22.9. The Morgan fingerprint density at radius 2 is 1.78 bits per heavy atom. The van der Waals surface area contributed by atoms with Crippen LogP contribution >= 0.6 is 11.3 Å². The topological polar surface area (TPSA) is 70.6 Å². The largest absolute Gasteiger partial charge is 0.333 e. The lowest BCUT2D eigenvalue weighted by Crippen LogP contribution is -2.38. The molecule has 1 aromatic heterocycles. The van der Waals surface area contributed by atoms with Gasteiger partial charge in [-0.25, -0.2) is 13.4 Å². The van der Waals surface area contributed by atoms with Crippen molar-refractivity contribution in [1.82, 2.24) is 14.2 Å². The van der Waals surface area contributed by atoms with E-state index in [1.165, 1.54) is 10.4 Å². The maximum Gasteiger partial charge on any atom is 0.254 e. The number of fused-ring (bicyclic) bond motifs is 1. The van der Waals surface area contributed by atoms with Gasteiger partial charge in [0, 0.05) is 25.7 Å². The Labute approximate surface area is 193 Å². The number of hydrogen-bond acceptors (Lipinski definition) is 5. The van der Waals surface area contributed by atoms with Gasteiger partial charge >= 0.3 is 0 Å².